The normalized spacial score (nSPS) is 12.7. The van der Waals surface area contributed by atoms with Crippen molar-refractivity contribution in [2.24, 2.45) is 0 Å². The van der Waals surface area contributed by atoms with E-state index in [0.717, 1.165) is 9.37 Å². The molecular weight excluding hydrogens is 436 g/mol. The summed E-state index contributed by atoms with van der Waals surface area (Å²) in [5, 5.41) is 2.79. The van der Waals surface area contributed by atoms with Crippen LogP contribution in [0.4, 0.5) is 11.4 Å². The second-order valence-corrected chi connectivity index (χ2v) is 7.25. The van der Waals surface area contributed by atoms with Gasteiger partial charge in [0.15, 0.2) is 0 Å². The zero-order valence-electron chi connectivity index (χ0n) is 15.3. The fraction of sp³-hybridized carbons (Fsp3) is 0.0455. The molecule has 0 saturated carbocycles. The molecule has 7 heteroatoms. The van der Waals surface area contributed by atoms with Crippen LogP contribution in [-0.2, 0) is 0 Å². The summed E-state index contributed by atoms with van der Waals surface area (Å²) >= 11 is 3.35. The van der Waals surface area contributed by atoms with Gasteiger partial charge < -0.3 is 10.1 Å². The first-order valence-electron chi connectivity index (χ1n) is 8.72. The van der Waals surface area contributed by atoms with Gasteiger partial charge in [-0.15, -0.1) is 0 Å². The van der Waals surface area contributed by atoms with Crippen LogP contribution in [0.25, 0.3) is 0 Å². The van der Waals surface area contributed by atoms with Crippen LogP contribution in [0, 0.1) is 0 Å². The highest BCUT2D eigenvalue weighted by molar-refractivity contribution is 9.10. The molecule has 1 heterocycles. The van der Waals surface area contributed by atoms with Gasteiger partial charge in [-0.1, -0.05) is 28.1 Å². The molecule has 0 aliphatic carbocycles. The molecule has 0 aromatic heterocycles. The second kappa shape index (κ2) is 7.52. The van der Waals surface area contributed by atoms with E-state index >= 15 is 0 Å². The quantitative estimate of drug-likeness (QED) is 0.593. The molecule has 3 amide bonds. The molecule has 0 saturated heterocycles. The first kappa shape index (κ1) is 18.9. The molecule has 144 valence electrons. The molecule has 1 N–H and O–H groups in total. The van der Waals surface area contributed by atoms with Crippen molar-refractivity contribution in [3.63, 3.8) is 0 Å². The largest absolute Gasteiger partial charge is 0.496 e. The van der Waals surface area contributed by atoms with Crippen molar-refractivity contribution >= 4 is 45.0 Å². The Morgan fingerprint density at radius 2 is 1.55 bits per heavy atom. The van der Waals surface area contributed by atoms with Crippen LogP contribution in [0.2, 0.25) is 0 Å². The number of fused-ring (bicyclic) bond motifs is 1. The number of methoxy groups -OCH3 is 1. The van der Waals surface area contributed by atoms with Gasteiger partial charge in [-0.2, -0.15) is 0 Å². The number of imide groups is 1. The maximum Gasteiger partial charge on any atom is 0.266 e. The predicted molar refractivity (Wildman–Crippen MR) is 113 cm³/mol. The lowest BCUT2D eigenvalue weighted by atomic mass is 10.1. The molecule has 0 atom stereocenters. The number of carbonyl (C=O) groups is 3. The van der Waals surface area contributed by atoms with E-state index in [0.29, 0.717) is 33.8 Å². The number of carbonyl (C=O) groups excluding carboxylic acids is 3. The topological polar surface area (TPSA) is 75.7 Å². The molecule has 3 aromatic rings. The highest BCUT2D eigenvalue weighted by atomic mass is 79.9. The molecule has 0 radical (unpaired) electrons. The molecule has 0 unspecified atom stereocenters. The summed E-state index contributed by atoms with van der Waals surface area (Å²) in [6, 6.07) is 18.4. The maximum atomic E-state index is 12.6. The minimum Gasteiger partial charge on any atom is -0.496 e. The van der Waals surface area contributed by atoms with Crippen molar-refractivity contribution in [3.8, 4) is 5.75 Å². The monoisotopic (exact) mass is 450 g/mol. The highest BCUT2D eigenvalue weighted by Crippen LogP contribution is 2.29. The van der Waals surface area contributed by atoms with Crippen molar-refractivity contribution in [2.45, 2.75) is 0 Å². The minimum absolute atomic E-state index is 0.336. The zero-order valence-corrected chi connectivity index (χ0v) is 16.9. The third-order valence-corrected chi connectivity index (χ3v) is 5.08. The van der Waals surface area contributed by atoms with Gasteiger partial charge in [0, 0.05) is 10.2 Å². The number of nitrogens with one attached hydrogen (secondary N) is 1. The molecule has 0 fully saturated rings. The van der Waals surface area contributed by atoms with Gasteiger partial charge in [-0.05, 0) is 54.6 Å². The summed E-state index contributed by atoms with van der Waals surface area (Å²) in [6.07, 6.45) is 0. The van der Waals surface area contributed by atoms with Crippen LogP contribution in [0.1, 0.15) is 31.1 Å². The summed E-state index contributed by atoms with van der Waals surface area (Å²) < 4.78 is 5.99. The van der Waals surface area contributed by atoms with Gasteiger partial charge in [0.1, 0.15) is 5.75 Å². The molecular formula is C22H15BrN2O4. The van der Waals surface area contributed by atoms with Crippen molar-refractivity contribution in [2.75, 3.05) is 17.3 Å². The first-order valence-corrected chi connectivity index (χ1v) is 9.51. The fourth-order valence-electron chi connectivity index (χ4n) is 3.17. The molecule has 1 aliphatic rings. The molecule has 29 heavy (non-hydrogen) atoms. The molecule has 4 rings (SSSR count). The third kappa shape index (κ3) is 3.40. The number of benzene rings is 3. The van der Waals surface area contributed by atoms with Gasteiger partial charge >= 0.3 is 0 Å². The molecule has 6 nitrogen and oxygen atoms in total. The van der Waals surface area contributed by atoms with Gasteiger partial charge in [0.25, 0.3) is 17.7 Å². The Morgan fingerprint density at radius 3 is 2.14 bits per heavy atom. The van der Waals surface area contributed by atoms with Crippen LogP contribution in [0.5, 0.6) is 5.75 Å². The highest BCUT2D eigenvalue weighted by Gasteiger charge is 2.36. The standard InChI is InChI=1S/C22H15BrN2O4/c1-29-19-11-6-13(23)12-18(19)20(26)24-14-7-9-15(10-8-14)25-21(27)16-4-2-3-5-17(16)22(25)28/h2-12H,1H3,(H,24,26). The van der Waals surface area contributed by atoms with Crippen LogP contribution >= 0.6 is 15.9 Å². The second-order valence-electron chi connectivity index (χ2n) is 6.34. The number of ether oxygens (including phenoxy) is 1. The Morgan fingerprint density at radius 1 is 0.931 bits per heavy atom. The molecule has 1 aliphatic heterocycles. The number of halogens is 1. The van der Waals surface area contributed by atoms with Gasteiger partial charge in [0.05, 0.1) is 29.5 Å². The Balaban J connectivity index is 1.55. The fourth-order valence-corrected chi connectivity index (χ4v) is 3.53. The summed E-state index contributed by atoms with van der Waals surface area (Å²) in [5.41, 5.74) is 2.12. The smallest absolute Gasteiger partial charge is 0.266 e. The number of hydrogen-bond acceptors (Lipinski definition) is 4. The number of rotatable bonds is 4. The van der Waals surface area contributed by atoms with E-state index in [1.807, 2.05) is 0 Å². The van der Waals surface area contributed by atoms with Crippen LogP contribution in [0.3, 0.4) is 0 Å². The third-order valence-electron chi connectivity index (χ3n) is 4.58. The molecule has 0 spiro atoms. The Bertz CT molecular complexity index is 1110. The summed E-state index contributed by atoms with van der Waals surface area (Å²) in [4.78, 5) is 38.9. The first-order chi connectivity index (χ1) is 14.0. The maximum absolute atomic E-state index is 12.6. The van der Waals surface area contributed by atoms with E-state index in [9.17, 15) is 14.4 Å². The average molecular weight is 451 g/mol. The summed E-state index contributed by atoms with van der Waals surface area (Å²) in [7, 11) is 1.50. The number of anilines is 2. The van der Waals surface area contributed by atoms with E-state index in [4.69, 9.17) is 4.74 Å². The van der Waals surface area contributed by atoms with Crippen molar-refractivity contribution in [3.05, 3.63) is 87.9 Å². The van der Waals surface area contributed by atoms with Gasteiger partial charge in [-0.3, -0.25) is 14.4 Å². The molecule has 3 aromatic carbocycles. The van der Waals surface area contributed by atoms with Gasteiger partial charge in [-0.25, -0.2) is 4.90 Å². The van der Waals surface area contributed by atoms with Crippen molar-refractivity contribution in [1.82, 2.24) is 0 Å². The van der Waals surface area contributed by atoms with Crippen LogP contribution < -0.4 is 15.0 Å². The average Bonchev–Trinajstić information content (AvgIpc) is 2.99. The van der Waals surface area contributed by atoms with E-state index in [2.05, 4.69) is 21.2 Å². The SMILES string of the molecule is COc1ccc(Br)cc1C(=O)Nc1ccc(N2C(=O)c3ccccc3C2=O)cc1. The van der Waals surface area contributed by atoms with E-state index in [-0.39, 0.29) is 17.7 Å². The van der Waals surface area contributed by atoms with Crippen LogP contribution in [-0.4, -0.2) is 24.8 Å². The van der Waals surface area contributed by atoms with Crippen molar-refractivity contribution < 1.29 is 19.1 Å². The summed E-state index contributed by atoms with van der Waals surface area (Å²) in [5.74, 6) is -0.604. The Kier molecular flexibility index (Phi) is 4.90. The van der Waals surface area contributed by atoms with E-state index in [1.54, 1.807) is 66.7 Å². The van der Waals surface area contributed by atoms with E-state index < -0.39 is 0 Å². The Labute approximate surface area is 175 Å². The summed E-state index contributed by atoms with van der Waals surface area (Å²) in [6.45, 7) is 0. The predicted octanol–water partition coefficient (Wildman–Crippen LogP) is 4.51. The molecule has 0 bridgehead atoms. The Hall–Kier alpha value is -3.45. The minimum atomic E-state index is -0.360. The number of amides is 3. The lowest BCUT2D eigenvalue weighted by Crippen LogP contribution is -2.29. The van der Waals surface area contributed by atoms with Crippen molar-refractivity contribution in [1.29, 1.82) is 0 Å². The van der Waals surface area contributed by atoms with E-state index in [1.165, 1.54) is 7.11 Å². The van der Waals surface area contributed by atoms with Crippen LogP contribution in [0.15, 0.2) is 71.2 Å². The lowest BCUT2D eigenvalue weighted by Gasteiger charge is -2.15. The van der Waals surface area contributed by atoms with Gasteiger partial charge in [0.2, 0.25) is 0 Å². The number of hydrogen-bond donors (Lipinski definition) is 1. The lowest BCUT2D eigenvalue weighted by molar-refractivity contribution is 0.0924. The number of nitrogens with zero attached hydrogens (tertiary/aromatic N) is 1. The zero-order chi connectivity index (χ0) is 20.5.